The first kappa shape index (κ1) is 24.0. The van der Waals surface area contributed by atoms with Crippen molar-refractivity contribution in [2.24, 2.45) is 0 Å². The van der Waals surface area contributed by atoms with Crippen LogP contribution < -0.4 is 10.1 Å². The molecule has 3 rings (SSSR count). The molecule has 1 N–H and O–H groups in total. The van der Waals surface area contributed by atoms with Gasteiger partial charge >= 0.3 is 6.18 Å². The fourth-order valence-electron chi connectivity index (χ4n) is 2.80. The van der Waals surface area contributed by atoms with E-state index >= 15 is 0 Å². The number of anilines is 1. The lowest BCUT2D eigenvalue weighted by atomic mass is 10.1. The van der Waals surface area contributed by atoms with Gasteiger partial charge in [0, 0.05) is 17.6 Å². The second kappa shape index (κ2) is 8.73. The molecule has 0 aliphatic rings. The summed E-state index contributed by atoms with van der Waals surface area (Å²) in [5.74, 6) is -3.35. The number of hydrogen-bond donors (Lipinski definition) is 1. The molecule has 0 bridgehead atoms. The molecular formula is C20H16F4N4O4S. The minimum Gasteiger partial charge on any atom is -0.432 e. The summed E-state index contributed by atoms with van der Waals surface area (Å²) >= 11 is 0. The van der Waals surface area contributed by atoms with E-state index in [9.17, 15) is 30.8 Å². The molecule has 33 heavy (non-hydrogen) atoms. The number of alkyl halides is 3. The number of sulfone groups is 1. The van der Waals surface area contributed by atoms with Crippen molar-refractivity contribution in [2.45, 2.75) is 24.9 Å². The van der Waals surface area contributed by atoms with Gasteiger partial charge in [0.2, 0.25) is 0 Å². The van der Waals surface area contributed by atoms with E-state index in [0.29, 0.717) is 5.69 Å². The van der Waals surface area contributed by atoms with Crippen molar-refractivity contribution in [1.29, 1.82) is 0 Å². The van der Waals surface area contributed by atoms with Gasteiger partial charge in [0.05, 0.1) is 4.90 Å². The molecule has 13 heteroatoms. The van der Waals surface area contributed by atoms with Gasteiger partial charge in [-0.15, -0.1) is 10.2 Å². The van der Waals surface area contributed by atoms with Crippen molar-refractivity contribution in [1.82, 2.24) is 15.2 Å². The number of halogens is 4. The van der Waals surface area contributed by atoms with Gasteiger partial charge in [-0.1, -0.05) is 6.07 Å². The third-order valence-corrected chi connectivity index (χ3v) is 5.47. The summed E-state index contributed by atoms with van der Waals surface area (Å²) in [5.41, 5.74) is -2.42. The molecule has 0 fully saturated rings. The van der Waals surface area contributed by atoms with Gasteiger partial charge < -0.3 is 10.1 Å². The molecule has 2 aromatic heterocycles. The summed E-state index contributed by atoms with van der Waals surface area (Å²) in [7, 11) is -3.61. The summed E-state index contributed by atoms with van der Waals surface area (Å²) in [4.78, 5) is 16.4. The molecular weight excluding hydrogens is 468 g/mol. The number of benzene rings is 1. The zero-order valence-corrected chi connectivity index (χ0v) is 18.2. The highest BCUT2D eigenvalue weighted by atomic mass is 32.2. The van der Waals surface area contributed by atoms with E-state index in [1.165, 1.54) is 37.3 Å². The summed E-state index contributed by atoms with van der Waals surface area (Å²) < 4.78 is 82.9. The Morgan fingerprint density at radius 3 is 2.39 bits per heavy atom. The number of pyridine rings is 1. The van der Waals surface area contributed by atoms with Gasteiger partial charge in [-0.3, -0.25) is 4.79 Å². The van der Waals surface area contributed by atoms with E-state index < -0.39 is 56.3 Å². The number of aromatic nitrogens is 3. The number of rotatable bonds is 5. The minimum absolute atomic E-state index is 0.0122. The smallest absolute Gasteiger partial charge is 0.432 e. The standard InChI is InChI=1S/C20H16F4N4O4S/c1-10-7-8-14(17(21)25-10)32-19-15(11(2)16(27-28-19)20(22,23)24)18(29)26-12-5-4-6-13(9-12)33(3,30)31/h4-9H,1-3H3,(H,26,29). The first-order valence-electron chi connectivity index (χ1n) is 9.14. The molecule has 3 aromatic rings. The van der Waals surface area contributed by atoms with Gasteiger partial charge in [0.15, 0.2) is 21.3 Å². The van der Waals surface area contributed by atoms with Crippen LogP contribution in [0.1, 0.15) is 27.3 Å². The Hall–Kier alpha value is -3.61. The minimum atomic E-state index is -4.93. The van der Waals surface area contributed by atoms with Crippen molar-refractivity contribution in [3.8, 4) is 11.6 Å². The lowest BCUT2D eigenvalue weighted by Gasteiger charge is -2.16. The fourth-order valence-corrected chi connectivity index (χ4v) is 3.46. The van der Waals surface area contributed by atoms with Crippen molar-refractivity contribution in [2.75, 3.05) is 11.6 Å². The lowest BCUT2D eigenvalue weighted by molar-refractivity contribution is -0.142. The summed E-state index contributed by atoms with van der Waals surface area (Å²) in [5, 5.41) is 8.74. The summed E-state index contributed by atoms with van der Waals surface area (Å²) in [6, 6.07) is 7.66. The molecule has 0 unspecified atom stereocenters. The molecule has 2 heterocycles. The van der Waals surface area contributed by atoms with E-state index in [4.69, 9.17) is 4.74 Å². The average Bonchev–Trinajstić information content (AvgIpc) is 2.68. The van der Waals surface area contributed by atoms with Crippen LogP contribution in [0.25, 0.3) is 0 Å². The molecule has 0 atom stereocenters. The van der Waals surface area contributed by atoms with Gasteiger partial charge in [-0.2, -0.15) is 17.6 Å². The Kier molecular flexibility index (Phi) is 6.36. The molecule has 8 nitrogen and oxygen atoms in total. The monoisotopic (exact) mass is 484 g/mol. The highest BCUT2D eigenvalue weighted by Gasteiger charge is 2.38. The first-order chi connectivity index (χ1) is 15.3. The van der Waals surface area contributed by atoms with E-state index in [0.717, 1.165) is 19.2 Å². The Labute approximate surface area is 185 Å². The number of aryl methyl sites for hydroxylation is 1. The van der Waals surface area contributed by atoms with E-state index in [2.05, 4.69) is 20.5 Å². The third kappa shape index (κ3) is 5.42. The quantitative estimate of drug-likeness (QED) is 0.429. The molecule has 0 aliphatic carbocycles. The normalized spacial score (nSPS) is 11.8. The average molecular weight is 484 g/mol. The zero-order valence-electron chi connectivity index (χ0n) is 17.4. The van der Waals surface area contributed by atoms with Crippen LogP contribution in [-0.4, -0.2) is 35.8 Å². The predicted octanol–water partition coefficient (Wildman–Crippen LogP) is 4.09. The van der Waals surface area contributed by atoms with Crippen LogP contribution in [-0.2, 0) is 16.0 Å². The number of amides is 1. The van der Waals surface area contributed by atoms with Crippen LogP contribution in [0.2, 0.25) is 0 Å². The summed E-state index contributed by atoms with van der Waals surface area (Å²) in [6.07, 6.45) is -3.98. The number of ether oxygens (including phenoxy) is 1. The first-order valence-corrected chi connectivity index (χ1v) is 11.0. The van der Waals surface area contributed by atoms with E-state index in [-0.39, 0.29) is 10.6 Å². The number of nitrogens with one attached hydrogen (secondary N) is 1. The Bertz CT molecular complexity index is 1340. The number of nitrogens with zero attached hydrogens (tertiary/aromatic N) is 3. The molecule has 0 saturated carbocycles. The van der Waals surface area contributed by atoms with Crippen LogP contribution in [0.4, 0.5) is 23.2 Å². The Morgan fingerprint density at radius 2 is 1.79 bits per heavy atom. The highest BCUT2D eigenvalue weighted by molar-refractivity contribution is 7.90. The number of carbonyl (C=O) groups is 1. The Balaban J connectivity index is 2.08. The lowest BCUT2D eigenvalue weighted by Crippen LogP contribution is -2.21. The molecule has 1 amide bonds. The molecule has 1 aromatic carbocycles. The second-order valence-electron chi connectivity index (χ2n) is 6.95. The van der Waals surface area contributed by atoms with Gasteiger partial charge in [-0.25, -0.2) is 13.4 Å². The van der Waals surface area contributed by atoms with Crippen LogP contribution in [0.5, 0.6) is 11.6 Å². The molecule has 0 spiro atoms. The number of carbonyl (C=O) groups excluding carboxylic acids is 1. The maximum atomic E-state index is 14.1. The van der Waals surface area contributed by atoms with Crippen LogP contribution >= 0.6 is 0 Å². The van der Waals surface area contributed by atoms with Crippen molar-refractivity contribution >= 4 is 21.4 Å². The third-order valence-electron chi connectivity index (χ3n) is 4.36. The SMILES string of the molecule is Cc1ccc(Oc2nnc(C(F)(F)F)c(C)c2C(=O)Nc2cccc(S(C)(=O)=O)c2)c(F)n1. The largest absolute Gasteiger partial charge is 0.435 e. The maximum absolute atomic E-state index is 14.1. The Morgan fingerprint density at radius 1 is 1.09 bits per heavy atom. The van der Waals surface area contributed by atoms with E-state index in [1.807, 2.05) is 0 Å². The molecule has 0 aliphatic heterocycles. The maximum Gasteiger partial charge on any atom is 0.435 e. The molecule has 174 valence electrons. The number of hydrogen-bond acceptors (Lipinski definition) is 7. The topological polar surface area (TPSA) is 111 Å². The highest BCUT2D eigenvalue weighted by Crippen LogP contribution is 2.35. The van der Waals surface area contributed by atoms with Crippen LogP contribution in [0, 0.1) is 19.8 Å². The van der Waals surface area contributed by atoms with Crippen molar-refractivity contribution in [3.05, 3.63) is 64.9 Å². The van der Waals surface area contributed by atoms with Gasteiger partial charge in [0.1, 0.15) is 5.56 Å². The molecule has 0 radical (unpaired) electrons. The van der Waals surface area contributed by atoms with Crippen molar-refractivity contribution in [3.63, 3.8) is 0 Å². The second-order valence-corrected chi connectivity index (χ2v) is 8.97. The van der Waals surface area contributed by atoms with E-state index in [1.54, 1.807) is 0 Å². The fraction of sp³-hybridized carbons (Fsp3) is 0.200. The van der Waals surface area contributed by atoms with Crippen LogP contribution in [0.3, 0.4) is 0 Å². The van der Waals surface area contributed by atoms with Crippen molar-refractivity contribution < 1.29 is 35.5 Å². The summed E-state index contributed by atoms with van der Waals surface area (Å²) in [6.45, 7) is 2.49. The predicted molar refractivity (Wildman–Crippen MR) is 108 cm³/mol. The van der Waals surface area contributed by atoms with Crippen LogP contribution in [0.15, 0.2) is 41.3 Å². The molecule has 0 saturated heterocycles. The van der Waals surface area contributed by atoms with Gasteiger partial charge in [0.25, 0.3) is 17.7 Å². The zero-order chi connectivity index (χ0) is 24.6. The van der Waals surface area contributed by atoms with Gasteiger partial charge in [-0.05, 0) is 49.7 Å².